The molecule has 0 bridgehead atoms. The van der Waals surface area contributed by atoms with E-state index in [9.17, 15) is 9.18 Å². The second-order valence-electron chi connectivity index (χ2n) is 3.17. The van der Waals surface area contributed by atoms with Crippen molar-refractivity contribution < 1.29 is 9.18 Å². The molecule has 1 atom stereocenters. The zero-order valence-electron chi connectivity index (χ0n) is 6.64. The number of piperidine rings is 1. The molecule has 64 valence electrons. The van der Waals surface area contributed by atoms with E-state index in [1.165, 1.54) is 6.08 Å². The fraction of sp³-hybridized carbons (Fsp3) is 0.444. The molecule has 0 saturated carbocycles. The van der Waals surface area contributed by atoms with Crippen molar-refractivity contribution in [2.24, 2.45) is 5.92 Å². The number of fused-ring (bicyclic) bond motifs is 1. The SMILES string of the molecule is O=C1NCCC2CC=C(F)C=C12. The van der Waals surface area contributed by atoms with Gasteiger partial charge in [0.2, 0.25) is 5.91 Å². The Labute approximate surface area is 70.1 Å². The maximum atomic E-state index is 12.7. The lowest BCUT2D eigenvalue weighted by Gasteiger charge is -2.26. The van der Waals surface area contributed by atoms with Crippen LogP contribution < -0.4 is 5.32 Å². The Kier molecular flexibility index (Phi) is 1.71. The van der Waals surface area contributed by atoms with Crippen LogP contribution in [0.4, 0.5) is 4.39 Å². The Balaban J connectivity index is 2.29. The first kappa shape index (κ1) is 7.53. The van der Waals surface area contributed by atoms with Gasteiger partial charge < -0.3 is 5.32 Å². The zero-order chi connectivity index (χ0) is 8.55. The van der Waals surface area contributed by atoms with Gasteiger partial charge in [-0.1, -0.05) is 0 Å². The molecule has 0 radical (unpaired) electrons. The molecule has 3 heteroatoms. The van der Waals surface area contributed by atoms with E-state index in [0.717, 1.165) is 13.0 Å². The van der Waals surface area contributed by atoms with Gasteiger partial charge in [-0.2, -0.15) is 0 Å². The number of hydrogen-bond acceptors (Lipinski definition) is 1. The minimum atomic E-state index is -0.279. The summed E-state index contributed by atoms with van der Waals surface area (Å²) in [6, 6.07) is 0. The number of amides is 1. The number of halogens is 1. The first-order chi connectivity index (χ1) is 5.77. The van der Waals surface area contributed by atoms with Crippen LogP contribution in [-0.2, 0) is 4.79 Å². The van der Waals surface area contributed by atoms with Gasteiger partial charge in [-0.25, -0.2) is 4.39 Å². The summed E-state index contributed by atoms with van der Waals surface area (Å²) in [6.45, 7) is 0.719. The second kappa shape index (κ2) is 2.73. The summed E-state index contributed by atoms with van der Waals surface area (Å²) in [6.07, 6.45) is 4.50. The van der Waals surface area contributed by atoms with Crippen molar-refractivity contribution >= 4 is 5.91 Å². The van der Waals surface area contributed by atoms with E-state index in [0.29, 0.717) is 12.0 Å². The third kappa shape index (κ3) is 1.15. The van der Waals surface area contributed by atoms with E-state index >= 15 is 0 Å². The number of carbonyl (C=O) groups is 1. The molecule has 1 N–H and O–H groups in total. The van der Waals surface area contributed by atoms with Crippen LogP contribution >= 0.6 is 0 Å². The third-order valence-electron chi connectivity index (χ3n) is 2.37. The molecule has 0 aromatic heterocycles. The number of rotatable bonds is 0. The van der Waals surface area contributed by atoms with Crippen molar-refractivity contribution in [1.29, 1.82) is 0 Å². The molecule has 0 aromatic carbocycles. The lowest BCUT2D eigenvalue weighted by atomic mass is 9.85. The minimum absolute atomic E-state index is 0.102. The molecule has 1 heterocycles. The van der Waals surface area contributed by atoms with Crippen LogP contribution in [0.5, 0.6) is 0 Å². The quantitative estimate of drug-likeness (QED) is 0.579. The van der Waals surface area contributed by atoms with Crippen LogP contribution in [0.2, 0.25) is 0 Å². The lowest BCUT2D eigenvalue weighted by Crippen LogP contribution is -2.36. The van der Waals surface area contributed by atoms with E-state index in [-0.39, 0.29) is 17.7 Å². The first-order valence-corrected chi connectivity index (χ1v) is 4.13. The fourth-order valence-electron chi connectivity index (χ4n) is 1.69. The monoisotopic (exact) mass is 167 g/mol. The maximum absolute atomic E-state index is 12.7. The molecule has 1 saturated heterocycles. The van der Waals surface area contributed by atoms with Crippen LogP contribution in [-0.4, -0.2) is 12.5 Å². The number of hydrogen-bond donors (Lipinski definition) is 1. The number of allylic oxidation sites excluding steroid dienone is 3. The van der Waals surface area contributed by atoms with Gasteiger partial charge in [-0.3, -0.25) is 4.79 Å². The molecule has 2 nitrogen and oxygen atoms in total. The molecule has 0 aromatic rings. The predicted octanol–water partition coefficient (Wildman–Crippen LogP) is 1.31. The Bertz CT molecular complexity index is 280. The molecule has 12 heavy (non-hydrogen) atoms. The van der Waals surface area contributed by atoms with Crippen molar-refractivity contribution in [3.8, 4) is 0 Å². The van der Waals surface area contributed by atoms with Gasteiger partial charge >= 0.3 is 0 Å². The average molecular weight is 167 g/mol. The van der Waals surface area contributed by atoms with Crippen LogP contribution in [0, 0.1) is 5.92 Å². The Hall–Kier alpha value is -1.12. The van der Waals surface area contributed by atoms with Gasteiger partial charge in [-0.15, -0.1) is 0 Å². The summed E-state index contributed by atoms with van der Waals surface area (Å²) in [5, 5.41) is 2.70. The molecule has 1 aliphatic carbocycles. The standard InChI is InChI=1S/C9H10FNO/c10-7-2-1-6-3-4-11-9(12)8(6)5-7/h2,5-6H,1,3-4H2,(H,11,12). The molecule has 0 spiro atoms. The van der Waals surface area contributed by atoms with Gasteiger partial charge in [0.25, 0.3) is 0 Å². The Morgan fingerprint density at radius 3 is 3.25 bits per heavy atom. The van der Waals surface area contributed by atoms with Crippen molar-refractivity contribution in [3.05, 3.63) is 23.6 Å². The predicted molar refractivity (Wildman–Crippen MR) is 43.0 cm³/mol. The van der Waals surface area contributed by atoms with E-state index in [2.05, 4.69) is 5.32 Å². The number of nitrogens with one attached hydrogen (secondary N) is 1. The Morgan fingerprint density at radius 1 is 1.58 bits per heavy atom. The van der Waals surface area contributed by atoms with E-state index in [1.54, 1.807) is 6.08 Å². The highest BCUT2D eigenvalue weighted by atomic mass is 19.1. The van der Waals surface area contributed by atoms with Gasteiger partial charge in [0.1, 0.15) is 5.83 Å². The summed E-state index contributed by atoms with van der Waals surface area (Å²) >= 11 is 0. The summed E-state index contributed by atoms with van der Waals surface area (Å²) in [5.74, 6) is -0.133. The van der Waals surface area contributed by atoms with Crippen LogP contribution in [0.15, 0.2) is 23.6 Å². The fourth-order valence-corrected chi connectivity index (χ4v) is 1.69. The highest BCUT2D eigenvalue weighted by molar-refractivity contribution is 5.95. The molecule has 1 unspecified atom stereocenters. The molecule has 2 rings (SSSR count). The summed E-state index contributed by atoms with van der Waals surface area (Å²) in [7, 11) is 0. The van der Waals surface area contributed by atoms with Crippen molar-refractivity contribution in [2.75, 3.05) is 6.54 Å². The van der Waals surface area contributed by atoms with Gasteiger partial charge in [-0.05, 0) is 30.9 Å². The highest BCUT2D eigenvalue weighted by Gasteiger charge is 2.26. The van der Waals surface area contributed by atoms with Gasteiger partial charge in [0.15, 0.2) is 0 Å². The zero-order valence-corrected chi connectivity index (χ0v) is 6.64. The van der Waals surface area contributed by atoms with Crippen LogP contribution in [0.1, 0.15) is 12.8 Å². The minimum Gasteiger partial charge on any atom is -0.352 e. The third-order valence-corrected chi connectivity index (χ3v) is 2.37. The topological polar surface area (TPSA) is 29.1 Å². The smallest absolute Gasteiger partial charge is 0.247 e. The van der Waals surface area contributed by atoms with E-state index < -0.39 is 0 Å². The lowest BCUT2D eigenvalue weighted by molar-refractivity contribution is -0.119. The summed E-state index contributed by atoms with van der Waals surface area (Å²) in [4.78, 5) is 11.2. The molecule has 1 fully saturated rings. The first-order valence-electron chi connectivity index (χ1n) is 4.13. The average Bonchev–Trinajstić information content (AvgIpc) is 2.07. The number of carbonyl (C=O) groups excluding carboxylic acids is 1. The summed E-state index contributed by atoms with van der Waals surface area (Å²) in [5.41, 5.74) is 0.612. The van der Waals surface area contributed by atoms with E-state index in [4.69, 9.17) is 0 Å². The second-order valence-corrected chi connectivity index (χ2v) is 3.17. The molecular formula is C9H10FNO. The normalized spacial score (nSPS) is 28.4. The summed E-state index contributed by atoms with van der Waals surface area (Å²) < 4.78 is 12.7. The van der Waals surface area contributed by atoms with Gasteiger partial charge in [0.05, 0.1) is 0 Å². The van der Waals surface area contributed by atoms with Crippen LogP contribution in [0.25, 0.3) is 0 Å². The molecular weight excluding hydrogens is 157 g/mol. The molecule has 1 amide bonds. The molecule has 2 aliphatic rings. The largest absolute Gasteiger partial charge is 0.352 e. The van der Waals surface area contributed by atoms with Crippen molar-refractivity contribution in [2.45, 2.75) is 12.8 Å². The van der Waals surface area contributed by atoms with E-state index in [1.807, 2.05) is 0 Å². The van der Waals surface area contributed by atoms with Crippen LogP contribution in [0.3, 0.4) is 0 Å². The van der Waals surface area contributed by atoms with Crippen molar-refractivity contribution in [1.82, 2.24) is 5.32 Å². The van der Waals surface area contributed by atoms with Gasteiger partial charge in [0, 0.05) is 12.1 Å². The molecule has 1 aliphatic heterocycles. The van der Waals surface area contributed by atoms with Crippen molar-refractivity contribution in [3.63, 3.8) is 0 Å². The Morgan fingerprint density at radius 2 is 2.42 bits per heavy atom. The maximum Gasteiger partial charge on any atom is 0.247 e. The highest BCUT2D eigenvalue weighted by Crippen LogP contribution is 2.29.